The van der Waals surface area contributed by atoms with Gasteiger partial charge in [-0.15, -0.1) is 0 Å². The molecule has 30 heavy (non-hydrogen) atoms. The highest BCUT2D eigenvalue weighted by atomic mass is 32.2. The minimum atomic E-state index is -3.72. The molecule has 8 nitrogen and oxygen atoms in total. The fourth-order valence-electron chi connectivity index (χ4n) is 3.42. The van der Waals surface area contributed by atoms with Crippen molar-refractivity contribution in [2.75, 3.05) is 0 Å². The molecule has 0 saturated heterocycles. The Morgan fingerprint density at radius 3 is 2.67 bits per heavy atom. The van der Waals surface area contributed by atoms with Crippen LogP contribution in [0, 0.1) is 6.92 Å². The first-order valence-corrected chi connectivity index (χ1v) is 11.1. The molecule has 3 aromatic heterocycles. The summed E-state index contributed by atoms with van der Waals surface area (Å²) >= 11 is 0. The summed E-state index contributed by atoms with van der Waals surface area (Å²) in [5, 5.41) is 9.27. The van der Waals surface area contributed by atoms with E-state index >= 15 is 0 Å². The second-order valence-electron chi connectivity index (χ2n) is 7.52. The van der Waals surface area contributed by atoms with Gasteiger partial charge in [-0.05, 0) is 50.1 Å². The molecule has 0 atom stereocenters. The van der Waals surface area contributed by atoms with Gasteiger partial charge in [-0.25, -0.2) is 13.1 Å². The second kappa shape index (κ2) is 6.88. The van der Waals surface area contributed by atoms with E-state index in [-0.39, 0.29) is 21.9 Å². The topological polar surface area (TPSA) is 99.7 Å². The van der Waals surface area contributed by atoms with Crippen LogP contribution in [0.4, 0.5) is 0 Å². The van der Waals surface area contributed by atoms with Gasteiger partial charge in [-0.2, -0.15) is 10.2 Å². The van der Waals surface area contributed by atoms with E-state index in [1.54, 1.807) is 10.9 Å². The Morgan fingerprint density at radius 2 is 1.90 bits per heavy atom. The van der Waals surface area contributed by atoms with Crippen LogP contribution >= 0.6 is 0 Å². The molecule has 0 unspecified atom stereocenters. The van der Waals surface area contributed by atoms with Crippen LogP contribution in [0.2, 0.25) is 0 Å². The predicted octanol–water partition coefficient (Wildman–Crippen LogP) is 2.51. The lowest BCUT2D eigenvalue weighted by atomic mass is 10.2. The summed E-state index contributed by atoms with van der Waals surface area (Å²) in [5.74, 6) is 0. The van der Waals surface area contributed by atoms with Crippen LogP contribution in [0.3, 0.4) is 0 Å². The number of fused-ring (bicyclic) bond motifs is 1. The Morgan fingerprint density at radius 1 is 1.07 bits per heavy atom. The highest BCUT2D eigenvalue weighted by Gasteiger charge is 2.27. The van der Waals surface area contributed by atoms with Crippen molar-refractivity contribution >= 4 is 20.6 Å². The molecule has 9 heteroatoms. The number of aromatic nitrogens is 5. The zero-order valence-electron chi connectivity index (χ0n) is 16.3. The van der Waals surface area contributed by atoms with Gasteiger partial charge in [-0.3, -0.25) is 14.5 Å². The van der Waals surface area contributed by atoms with Gasteiger partial charge < -0.3 is 0 Å². The van der Waals surface area contributed by atoms with Gasteiger partial charge in [0, 0.05) is 17.3 Å². The van der Waals surface area contributed by atoms with Gasteiger partial charge in [0.05, 0.1) is 41.0 Å². The number of benzene rings is 1. The van der Waals surface area contributed by atoms with E-state index in [2.05, 4.69) is 15.2 Å². The first-order chi connectivity index (χ1) is 14.4. The van der Waals surface area contributed by atoms with Gasteiger partial charge in [0.15, 0.2) is 0 Å². The zero-order valence-corrected chi connectivity index (χ0v) is 17.1. The third kappa shape index (κ3) is 3.30. The number of rotatable bonds is 5. The minimum absolute atomic E-state index is 0.115. The molecule has 0 bridgehead atoms. The average molecular weight is 421 g/mol. The van der Waals surface area contributed by atoms with Crippen LogP contribution in [0.25, 0.3) is 10.8 Å². The Labute approximate surface area is 172 Å². The molecule has 0 aliphatic heterocycles. The van der Waals surface area contributed by atoms with Gasteiger partial charge >= 0.3 is 0 Å². The van der Waals surface area contributed by atoms with Crippen molar-refractivity contribution in [1.82, 2.24) is 24.5 Å². The van der Waals surface area contributed by atoms with E-state index in [4.69, 9.17) is 0 Å². The smallest absolute Gasteiger partial charge is 0.268 e. The van der Waals surface area contributed by atoms with Crippen LogP contribution in [0.5, 0.6) is 0 Å². The maximum absolute atomic E-state index is 13.0. The van der Waals surface area contributed by atoms with Crippen molar-refractivity contribution in [2.45, 2.75) is 42.1 Å². The average Bonchev–Trinajstić information content (AvgIpc) is 3.46. The normalized spacial score (nSPS) is 14.3. The maximum atomic E-state index is 13.0. The lowest BCUT2D eigenvalue weighted by Gasteiger charge is -2.08. The van der Waals surface area contributed by atoms with Crippen molar-refractivity contribution in [1.29, 1.82) is 0 Å². The molecule has 1 aliphatic carbocycles. The fraction of sp³-hybridized carbons (Fsp3) is 0.238. The van der Waals surface area contributed by atoms with Crippen LogP contribution < -0.4 is 5.56 Å². The number of nitrogens with zero attached hydrogens (tertiary/aromatic N) is 5. The van der Waals surface area contributed by atoms with Crippen molar-refractivity contribution < 1.29 is 8.42 Å². The molecule has 0 radical (unpaired) electrons. The Kier molecular flexibility index (Phi) is 4.28. The Hall–Kier alpha value is -3.33. The number of pyridine rings is 1. The lowest BCUT2D eigenvalue weighted by Crippen LogP contribution is -2.23. The Balaban J connectivity index is 1.50. The summed E-state index contributed by atoms with van der Waals surface area (Å²) < 4.78 is 29.0. The number of aryl methyl sites for hydroxylation is 1. The summed E-state index contributed by atoms with van der Waals surface area (Å²) in [5.41, 5.74) is 1.30. The highest BCUT2D eigenvalue weighted by Crippen LogP contribution is 2.35. The van der Waals surface area contributed by atoms with Crippen LogP contribution in [-0.4, -0.2) is 33.0 Å². The molecule has 3 heterocycles. The molecule has 1 aromatic carbocycles. The van der Waals surface area contributed by atoms with E-state index in [9.17, 15) is 13.2 Å². The van der Waals surface area contributed by atoms with E-state index in [0.717, 1.165) is 24.2 Å². The third-order valence-corrected chi connectivity index (χ3v) is 6.91. The van der Waals surface area contributed by atoms with Crippen molar-refractivity contribution in [2.24, 2.45) is 0 Å². The fourth-order valence-corrected chi connectivity index (χ4v) is 4.65. The number of hydrogen-bond acceptors (Lipinski definition) is 6. The zero-order chi connectivity index (χ0) is 20.9. The number of hydrogen-bond donors (Lipinski definition) is 0. The molecule has 0 N–H and O–H groups in total. The van der Waals surface area contributed by atoms with Crippen molar-refractivity contribution in [3.63, 3.8) is 0 Å². The summed E-state index contributed by atoms with van der Waals surface area (Å²) in [4.78, 5) is 17.5. The SMILES string of the molecule is Cc1cccc(Cn2ncc3cc(S(=O)(=O)c4cnn(C5CC5)c4)ccc3c2=O)n1. The molecule has 5 rings (SSSR count). The lowest BCUT2D eigenvalue weighted by molar-refractivity contribution is 0.595. The minimum Gasteiger partial charge on any atom is -0.268 e. The van der Waals surface area contributed by atoms with Crippen LogP contribution in [0.15, 0.2) is 69.6 Å². The van der Waals surface area contributed by atoms with Gasteiger partial charge in [0.1, 0.15) is 4.90 Å². The summed E-state index contributed by atoms with van der Waals surface area (Å²) in [6.07, 6.45) is 6.50. The van der Waals surface area contributed by atoms with Crippen LogP contribution in [0.1, 0.15) is 30.3 Å². The molecule has 1 fully saturated rings. The molecule has 1 aliphatic rings. The predicted molar refractivity (Wildman–Crippen MR) is 110 cm³/mol. The van der Waals surface area contributed by atoms with Crippen molar-refractivity contribution in [3.05, 3.63) is 76.7 Å². The Bertz CT molecular complexity index is 1430. The highest BCUT2D eigenvalue weighted by molar-refractivity contribution is 7.91. The van der Waals surface area contributed by atoms with E-state index in [1.807, 2.05) is 25.1 Å². The van der Waals surface area contributed by atoms with Gasteiger partial charge in [0.2, 0.25) is 9.84 Å². The molecular formula is C21H19N5O3S. The summed E-state index contributed by atoms with van der Waals surface area (Å²) in [7, 11) is -3.72. The third-order valence-electron chi connectivity index (χ3n) is 5.20. The van der Waals surface area contributed by atoms with Crippen molar-refractivity contribution in [3.8, 4) is 0 Å². The first-order valence-electron chi connectivity index (χ1n) is 9.63. The standard InChI is InChI=1S/C21H19N5O3S/c1-14-3-2-4-16(24-14)12-26-21(27)20-8-7-18(9-15(20)10-22-26)30(28,29)19-11-23-25(13-19)17-5-6-17/h2-4,7-11,13,17H,5-6,12H2,1H3. The number of sulfone groups is 1. The van der Waals surface area contributed by atoms with E-state index in [0.29, 0.717) is 16.8 Å². The molecule has 1 saturated carbocycles. The summed E-state index contributed by atoms with van der Waals surface area (Å²) in [6, 6.07) is 10.4. The maximum Gasteiger partial charge on any atom is 0.274 e. The first kappa shape index (κ1) is 18.7. The monoisotopic (exact) mass is 421 g/mol. The van der Waals surface area contributed by atoms with E-state index < -0.39 is 9.84 Å². The molecule has 4 aromatic rings. The molecule has 152 valence electrons. The second-order valence-corrected chi connectivity index (χ2v) is 9.47. The van der Waals surface area contributed by atoms with Gasteiger partial charge in [0.25, 0.3) is 5.56 Å². The van der Waals surface area contributed by atoms with Gasteiger partial charge in [-0.1, -0.05) is 6.07 Å². The molecule has 0 amide bonds. The largest absolute Gasteiger partial charge is 0.274 e. The summed E-state index contributed by atoms with van der Waals surface area (Å²) in [6.45, 7) is 2.13. The van der Waals surface area contributed by atoms with Crippen LogP contribution in [-0.2, 0) is 16.4 Å². The molecular weight excluding hydrogens is 402 g/mol. The molecule has 0 spiro atoms. The quantitative estimate of drug-likeness (QED) is 0.491. The van der Waals surface area contributed by atoms with E-state index in [1.165, 1.54) is 35.3 Å².